The van der Waals surface area contributed by atoms with Crippen LogP contribution in [0.3, 0.4) is 0 Å². The number of carbonyl (C=O) groups excluding carboxylic acids is 2. The van der Waals surface area contributed by atoms with Crippen LogP contribution in [0.15, 0.2) is 48.5 Å². The van der Waals surface area contributed by atoms with Crippen LogP contribution >= 0.6 is 23.2 Å². The number of hydrogen-bond donors (Lipinski definition) is 1. The summed E-state index contributed by atoms with van der Waals surface area (Å²) in [5, 5.41) is 3.89. The highest BCUT2D eigenvalue weighted by atomic mass is 35.5. The molecule has 2 aromatic carbocycles. The van der Waals surface area contributed by atoms with Gasteiger partial charge in [0.15, 0.2) is 0 Å². The third-order valence-corrected chi connectivity index (χ3v) is 5.66. The lowest BCUT2D eigenvalue weighted by Crippen LogP contribution is -2.51. The third kappa shape index (κ3) is 6.76. The smallest absolute Gasteiger partial charge is 0.243 e. The van der Waals surface area contributed by atoms with Crippen molar-refractivity contribution in [3.05, 3.63) is 69.7 Å². The number of nitrogens with one attached hydrogen (secondary N) is 1. The summed E-state index contributed by atoms with van der Waals surface area (Å²) in [6, 6.07) is 14.3. The van der Waals surface area contributed by atoms with E-state index in [2.05, 4.69) is 5.32 Å². The molecule has 0 bridgehead atoms. The number of rotatable bonds is 9. The maximum atomic E-state index is 13.2. The second kappa shape index (κ2) is 11.2. The normalized spacial score (nSPS) is 12.9. The zero-order chi connectivity index (χ0) is 21.4. The number of hydrogen-bond acceptors (Lipinski definition) is 2. The van der Waals surface area contributed by atoms with Crippen molar-refractivity contribution in [2.45, 2.75) is 58.7 Å². The molecule has 0 fully saturated rings. The van der Waals surface area contributed by atoms with Gasteiger partial charge in [0.2, 0.25) is 11.8 Å². The van der Waals surface area contributed by atoms with Crippen molar-refractivity contribution in [1.29, 1.82) is 0 Å². The van der Waals surface area contributed by atoms with Crippen molar-refractivity contribution in [2.24, 2.45) is 0 Å². The van der Waals surface area contributed by atoms with Crippen molar-refractivity contribution in [1.82, 2.24) is 10.2 Å². The minimum absolute atomic E-state index is 0.0487. The van der Waals surface area contributed by atoms with Crippen LogP contribution in [-0.2, 0) is 22.6 Å². The largest absolute Gasteiger partial charge is 0.352 e. The van der Waals surface area contributed by atoms with E-state index in [-0.39, 0.29) is 30.8 Å². The monoisotopic (exact) mass is 434 g/mol. The molecule has 0 saturated carbocycles. The fraction of sp³-hybridized carbons (Fsp3) is 0.391. The molecule has 4 nitrogen and oxygen atoms in total. The van der Waals surface area contributed by atoms with Crippen molar-refractivity contribution in [3.8, 4) is 0 Å². The SMILES string of the molecule is CC[C@@H](C)NC(=O)[C@H](CC)N(Cc1ccc(Cl)c(Cl)c1)C(=O)Cc1ccccc1. The molecule has 0 aliphatic carbocycles. The van der Waals surface area contributed by atoms with Gasteiger partial charge in [-0.3, -0.25) is 9.59 Å². The Morgan fingerprint density at radius 2 is 1.66 bits per heavy atom. The molecule has 0 saturated heterocycles. The average Bonchev–Trinajstić information content (AvgIpc) is 2.71. The highest BCUT2D eigenvalue weighted by Gasteiger charge is 2.29. The molecular formula is C23H28Cl2N2O2. The molecule has 29 heavy (non-hydrogen) atoms. The Kier molecular flexibility index (Phi) is 8.99. The molecule has 2 atom stereocenters. The van der Waals surface area contributed by atoms with Crippen LogP contribution in [0.25, 0.3) is 0 Å². The molecule has 6 heteroatoms. The summed E-state index contributed by atoms with van der Waals surface area (Å²) in [6.07, 6.45) is 1.58. The van der Waals surface area contributed by atoms with E-state index < -0.39 is 6.04 Å². The minimum atomic E-state index is -0.560. The van der Waals surface area contributed by atoms with Gasteiger partial charge in [-0.15, -0.1) is 0 Å². The minimum Gasteiger partial charge on any atom is -0.352 e. The number of carbonyl (C=O) groups is 2. The van der Waals surface area contributed by atoms with Gasteiger partial charge in [-0.25, -0.2) is 0 Å². The first-order valence-corrected chi connectivity index (χ1v) is 10.7. The van der Waals surface area contributed by atoms with Crippen LogP contribution in [0.4, 0.5) is 0 Å². The van der Waals surface area contributed by atoms with Gasteiger partial charge in [0.25, 0.3) is 0 Å². The molecular weight excluding hydrogens is 407 g/mol. The predicted molar refractivity (Wildman–Crippen MR) is 119 cm³/mol. The maximum Gasteiger partial charge on any atom is 0.243 e. The summed E-state index contributed by atoms with van der Waals surface area (Å²) in [5.41, 5.74) is 1.74. The highest BCUT2D eigenvalue weighted by molar-refractivity contribution is 6.42. The van der Waals surface area contributed by atoms with Crippen LogP contribution in [0.2, 0.25) is 10.0 Å². The van der Waals surface area contributed by atoms with Gasteiger partial charge < -0.3 is 10.2 Å². The summed E-state index contributed by atoms with van der Waals surface area (Å²) in [5.74, 6) is -0.239. The van der Waals surface area contributed by atoms with Gasteiger partial charge in [-0.2, -0.15) is 0 Å². The molecule has 156 valence electrons. The van der Waals surface area contributed by atoms with E-state index in [4.69, 9.17) is 23.2 Å². The van der Waals surface area contributed by atoms with Crippen LogP contribution in [-0.4, -0.2) is 28.8 Å². The molecule has 1 N–H and O–H groups in total. The second-order valence-corrected chi connectivity index (χ2v) is 7.99. The number of benzene rings is 2. The van der Waals surface area contributed by atoms with Gasteiger partial charge >= 0.3 is 0 Å². The Labute approximate surface area is 183 Å². The second-order valence-electron chi connectivity index (χ2n) is 7.17. The molecule has 0 radical (unpaired) electrons. The first kappa shape index (κ1) is 23.2. The van der Waals surface area contributed by atoms with Crippen LogP contribution < -0.4 is 5.32 Å². The van der Waals surface area contributed by atoms with E-state index in [9.17, 15) is 9.59 Å². The number of amides is 2. The first-order chi connectivity index (χ1) is 13.8. The first-order valence-electron chi connectivity index (χ1n) is 9.93. The lowest BCUT2D eigenvalue weighted by Gasteiger charge is -2.31. The zero-order valence-corrected chi connectivity index (χ0v) is 18.6. The summed E-state index contributed by atoms with van der Waals surface area (Å²) in [6.45, 7) is 6.17. The van der Waals surface area contributed by atoms with Crippen molar-refractivity contribution < 1.29 is 9.59 Å². The van der Waals surface area contributed by atoms with Crippen LogP contribution in [0.1, 0.15) is 44.7 Å². The Hall–Kier alpha value is -2.04. The molecule has 0 aromatic heterocycles. The molecule has 2 amide bonds. The van der Waals surface area contributed by atoms with E-state index in [0.717, 1.165) is 17.5 Å². The average molecular weight is 435 g/mol. The zero-order valence-electron chi connectivity index (χ0n) is 17.1. The maximum absolute atomic E-state index is 13.2. The molecule has 0 aliphatic rings. The Morgan fingerprint density at radius 3 is 2.24 bits per heavy atom. The standard InChI is InChI=1S/C23H28Cl2N2O2/c1-4-16(3)26-23(29)21(5-2)27(15-18-11-12-19(24)20(25)13-18)22(28)14-17-9-7-6-8-10-17/h6-13,16,21H,4-5,14-15H2,1-3H3,(H,26,29)/t16-,21+/m1/s1. The van der Waals surface area contributed by atoms with Gasteiger partial charge in [0.1, 0.15) is 6.04 Å². The van der Waals surface area contributed by atoms with Crippen LogP contribution in [0.5, 0.6) is 0 Å². The quantitative estimate of drug-likeness (QED) is 0.584. The summed E-state index contributed by atoms with van der Waals surface area (Å²) < 4.78 is 0. The third-order valence-electron chi connectivity index (χ3n) is 4.92. The fourth-order valence-electron chi connectivity index (χ4n) is 3.07. The van der Waals surface area contributed by atoms with Gasteiger partial charge in [-0.05, 0) is 43.0 Å². The van der Waals surface area contributed by atoms with E-state index in [1.54, 1.807) is 17.0 Å². The van der Waals surface area contributed by atoms with E-state index >= 15 is 0 Å². The lowest BCUT2D eigenvalue weighted by atomic mass is 10.1. The topological polar surface area (TPSA) is 49.4 Å². The lowest BCUT2D eigenvalue weighted by molar-refractivity contribution is -0.141. The van der Waals surface area contributed by atoms with Crippen molar-refractivity contribution in [3.63, 3.8) is 0 Å². The van der Waals surface area contributed by atoms with Crippen LogP contribution in [0, 0.1) is 0 Å². The van der Waals surface area contributed by atoms with Gasteiger partial charge in [0, 0.05) is 12.6 Å². The summed E-state index contributed by atoms with van der Waals surface area (Å²) in [7, 11) is 0. The highest BCUT2D eigenvalue weighted by Crippen LogP contribution is 2.24. The molecule has 0 spiro atoms. The number of nitrogens with zero attached hydrogens (tertiary/aromatic N) is 1. The summed E-state index contributed by atoms with van der Waals surface area (Å²) >= 11 is 12.2. The van der Waals surface area contributed by atoms with Gasteiger partial charge in [-0.1, -0.05) is 73.4 Å². The van der Waals surface area contributed by atoms with E-state index in [1.807, 2.05) is 57.2 Å². The molecule has 0 aliphatic heterocycles. The number of halogens is 2. The Bertz CT molecular complexity index is 827. The molecule has 2 aromatic rings. The summed E-state index contributed by atoms with van der Waals surface area (Å²) in [4.78, 5) is 27.8. The van der Waals surface area contributed by atoms with E-state index in [0.29, 0.717) is 16.5 Å². The molecule has 2 rings (SSSR count). The van der Waals surface area contributed by atoms with Crippen molar-refractivity contribution in [2.75, 3.05) is 0 Å². The molecule has 0 heterocycles. The van der Waals surface area contributed by atoms with Gasteiger partial charge in [0.05, 0.1) is 16.5 Å². The Balaban J connectivity index is 2.30. The predicted octanol–water partition coefficient (Wildman–Crippen LogP) is 5.26. The fourth-order valence-corrected chi connectivity index (χ4v) is 3.39. The van der Waals surface area contributed by atoms with Crippen molar-refractivity contribution >= 4 is 35.0 Å². The Morgan fingerprint density at radius 1 is 0.966 bits per heavy atom. The van der Waals surface area contributed by atoms with E-state index in [1.165, 1.54) is 0 Å². The molecule has 0 unspecified atom stereocenters.